The van der Waals surface area contributed by atoms with Gasteiger partial charge in [0.05, 0.1) is 51.5 Å². The van der Waals surface area contributed by atoms with Gasteiger partial charge in [-0.1, -0.05) is 29.0 Å². The number of thiazole rings is 1. The molecule has 0 unspecified atom stereocenters. The van der Waals surface area contributed by atoms with E-state index in [1.165, 1.54) is 31.9 Å². The third-order valence-corrected chi connectivity index (χ3v) is 6.88. The quantitative estimate of drug-likeness (QED) is 0.152. The summed E-state index contributed by atoms with van der Waals surface area (Å²) >= 11 is 7.13. The van der Waals surface area contributed by atoms with Gasteiger partial charge in [-0.25, -0.2) is 19.6 Å². The number of nitro groups is 1. The number of hydrogen-bond acceptors (Lipinski definition) is 10. The normalized spacial score (nSPS) is 10.6. The highest BCUT2D eigenvalue weighted by Crippen LogP contribution is 2.30. The van der Waals surface area contributed by atoms with Gasteiger partial charge in [0.15, 0.2) is 5.13 Å². The van der Waals surface area contributed by atoms with Crippen molar-refractivity contribution in [3.05, 3.63) is 86.4 Å². The van der Waals surface area contributed by atoms with Crippen molar-refractivity contribution in [1.29, 1.82) is 0 Å². The molecule has 0 aliphatic heterocycles. The highest BCUT2D eigenvalue weighted by Gasteiger charge is 2.16. The number of nitrogens with one attached hydrogen (secondary N) is 1. The van der Waals surface area contributed by atoms with Crippen LogP contribution in [0.2, 0.25) is 5.02 Å². The lowest BCUT2D eigenvalue weighted by molar-refractivity contribution is -0.384. The van der Waals surface area contributed by atoms with Crippen LogP contribution in [0, 0.1) is 17.0 Å². The van der Waals surface area contributed by atoms with Crippen molar-refractivity contribution in [3.63, 3.8) is 0 Å². The topological polar surface area (TPSA) is 138 Å². The molecule has 0 aliphatic carbocycles. The zero-order chi connectivity index (χ0) is 28.3. The van der Waals surface area contributed by atoms with E-state index >= 15 is 0 Å². The second-order valence-electron chi connectivity index (χ2n) is 8.22. The number of benzene rings is 3. The Morgan fingerprint density at radius 1 is 0.974 bits per heavy atom. The molecule has 39 heavy (non-hydrogen) atoms. The summed E-state index contributed by atoms with van der Waals surface area (Å²) in [4.78, 5) is 41.7. The number of methoxy groups -OCH3 is 2. The van der Waals surface area contributed by atoms with E-state index in [9.17, 15) is 19.7 Å². The van der Waals surface area contributed by atoms with Crippen molar-refractivity contribution in [2.24, 2.45) is 7.05 Å². The maximum atomic E-state index is 11.7. The molecule has 2 aromatic heterocycles. The van der Waals surface area contributed by atoms with Crippen LogP contribution in [-0.4, -0.2) is 45.6 Å². The second kappa shape index (κ2) is 11.5. The van der Waals surface area contributed by atoms with E-state index < -0.39 is 10.9 Å². The van der Waals surface area contributed by atoms with Crippen molar-refractivity contribution in [3.8, 4) is 0 Å². The van der Waals surface area contributed by atoms with Crippen molar-refractivity contribution >= 4 is 72.9 Å². The van der Waals surface area contributed by atoms with E-state index in [0.29, 0.717) is 11.5 Å². The standard InChI is InChI=1S/C18H16N4O2S.C8H6ClNO4/c1-10-4-6-12-15(8-10)25-18(20-12)21-17-19-13-9-11(16(23)24-3)5-7-14(13)22(17)2;1-14-8(11)5-2-3-6(9)7(4-5)10(12)13/h4-9H,1-3H3,(H,19,20,21);2-4H,1H3. The van der Waals surface area contributed by atoms with Crippen LogP contribution in [0.1, 0.15) is 26.3 Å². The molecule has 3 aromatic carbocycles. The number of nitrogens with zero attached hydrogens (tertiary/aromatic N) is 4. The largest absolute Gasteiger partial charge is 0.465 e. The summed E-state index contributed by atoms with van der Waals surface area (Å²) < 4.78 is 12.2. The average Bonchev–Trinajstić information content (AvgIpc) is 3.47. The van der Waals surface area contributed by atoms with E-state index in [1.807, 2.05) is 23.7 Å². The Morgan fingerprint density at radius 2 is 1.64 bits per heavy atom. The van der Waals surface area contributed by atoms with E-state index in [-0.39, 0.29) is 22.2 Å². The monoisotopic (exact) mass is 567 g/mol. The van der Waals surface area contributed by atoms with Gasteiger partial charge in [-0.2, -0.15) is 0 Å². The van der Waals surface area contributed by atoms with Crippen molar-refractivity contribution in [1.82, 2.24) is 14.5 Å². The van der Waals surface area contributed by atoms with E-state index in [1.54, 1.807) is 23.5 Å². The number of rotatable bonds is 5. The van der Waals surface area contributed by atoms with Crippen LogP contribution in [0.25, 0.3) is 21.3 Å². The lowest BCUT2D eigenvalue weighted by atomic mass is 10.2. The fourth-order valence-corrected chi connectivity index (χ4v) is 4.78. The van der Waals surface area contributed by atoms with Crippen LogP contribution in [0.15, 0.2) is 54.6 Å². The first-order valence-electron chi connectivity index (χ1n) is 11.3. The molecule has 11 nitrogen and oxygen atoms in total. The van der Waals surface area contributed by atoms with E-state index in [0.717, 1.165) is 32.4 Å². The molecule has 1 N–H and O–H groups in total. The number of imidazole rings is 1. The molecule has 0 saturated carbocycles. The fraction of sp³-hybridized carbons (Fsp3) is 0.154. The SMILES string of the molecule is COC(=O)c1ccc(Cl)c([N+](=O)[O-])c1.COC(=O)c1ccc2c(c1)nc(Nc1nc3ccc(C)cc3s1)n2C. The number of ether oxygens (including phenoxy) is 2. The fourth-order valence-electron chi connectivity index (χ4n) is 3.63. The van der Waals surface area contributed by atoms with Gasteiger partial charge in [-0.3, -0.25) is 10.1 Å². The first-order chi connectivity index (χ1) is 18.6. The average molecular weight is 568 g/mol. The molecular weight excluding hydrogens is 546 g/mol. The maximum absolute atomic E-state index is 11.7. The smallest absolute Gasteiger partial charge is 0.338 e. The Bertz CT molecular complexity index is 1730. The highest BCUT2D eigenvalue weighted by molar-refractivity contribution is 7.22. The minimum atomic E-state index is -0.658. The number of hydrogen-bond donors (Lipinski definition) is 1. The Labute approximate surface area is 231 Å². The van der Waals surface area contributed by atoms with Crippen LogP contribution in [0.4, 0.5) is 16.8 Å². The molecule has 200 valence electrons. The van der Waals surface area contributed by atoms with Crippen LogP contribution < -0.4 is 5.32 Å². The molecule has 0 radical (unpaired) electrons. The van der Waals surface area contributed by atoms with Gasteiger partial charge in [-0.05, 0) is 55.0 Å². The summed E-state index contributed by atoms with van der Waals surface area (Å²) in [5.74, 6) is -0.332. The number of aryl methyl sites for hydroxylation is 2. The number of carbonyl (C=O) groups is 2. The molecule has 0 bridgehead atoms. The molecule has 2 heterocycles. The number of nitro benzene ring substituents is 1. The van der Waals surface area contributed by atoms with E-state index in [4.69, 9.17) is 16.3 Å². The van der Waals surface area contributed by atoms with Gasteiger partial charge >= 0.3 is 11.9 Å². The molecule has 0 amide bonds. The molecule has 0 fully saturated rings. The first-order valence-corrected chi connectivity index (χ1v) is 12.5. The molecule has 5 aromatic rings. The van der Waals surface area contributed by atoms with E-state index in [2.05, 4.69) is 39.1 Å². The Kier molecular flexibility index (Phi) is 8.07. The molecule has 5 rings (SSSR count). The van der Waals surface area contributed by atoms with Crippen molar-refractivity contribution in [2.75, 3.05) is 19.5 Å². The van der Waals surface area contributed by atoms with Crippen LogP contribution in [-0.2, 0) is 16.5 Å². The van der Waals surface area contributed by atoms with Gasteiger partial charge in [0.25, 0.3) is 5.69 Å². The van der Waals surface area contributed by atoms with Gasteiger partial charge in [0, 0.05) is 13.1 Å². The Morgan fingerprint density at radius 3 is 2.31 bits per heavy atom. The molecular formula is C26H22ClN5O6S. The molecule has 0 atom stereocenters. The molecule has 0 aliphatic rings. The van der Waals surface area contributed by atoms with Gasteiger partial charge in [0.2, 0.25) is 5.95 Å². The summed E-state index contributed by atoms with van der Waals surface area (Å²) in [5.41, 5.74) is 4.09. The molecule has 0 spiro atoms. The molecule has 0 saturated heterocycles. The lowest BCUT2D eigenvalue weighted by Crippen LogP contribution is -2.02. The Hall–Kier alpha value is -4.55. The zero-order valence-electron chi connectivity index (χ0n) is 21.2. The van der Waals surface area contributed by atoms with Gasteiger partial charge < -0.3 is 19.4 Å². The number of aromatic nitrogens is 3. The van der Waals surface area contributed by atoms with Gasteiger partial charge in [0.1, 0.15) is 5.02 Å². The minimum Gasteiger partial charge on any atom is -0.465 e. The minimum absolute atomic E-state index is 0.0114. The number of halogens is 1. The lowest BCUT2D eigenvalue weighted by Gasteiger charge is -2.02. The molecule has 13 heteroatoms. The zero-order valence-corrected chi connectivity index (χ0v) is 22.8. The Balaban J connectivity index is 0.000000215. The first kappa shape index (κ1) is 27.5. The predicted molar refractivity (Wildman–Crippen MR) is 149 cm³/mol. The summed E-state index contributed by atoms with van der Waals surface area (Å²) in [6, 6.07) is 15.2. The summed E-state index contributed by atoms with van der Waals surface area (Å²) in [5, 5.41) is 14.5. The number of esters is 2. The third-order valence-electron chi connectivity index (χ3n) is 5.63. The van der Waals surface area contributed by atoms with Crippen LogP contribution in [0.3, 0.4) is 0 Å². The van der Waals surface area contributed by atoms with Gasteiger partial charge in [-0.15, -0.1) is 0 Å². The number of fused-ring (bicyclic) bond motifs is 2. The number of anilines is 2. The summed E-state index contributed by atoms with van der Waals surface area (Å²) in [7, 11) is 4.49. The summed E-state index contributed by atoms with van der Waals surface area (Å²) in [6.45, 7) is 2.07. The highest BCUT2D eigenvalue weighted by atomic mass is 35.5. The predicted octanol–water partition coefficient (Wildman–Crippen LogP) is 6.06. The van der Waals surface area contributed by atoms with Crippen LogP contribution >= 0.6 is 22.9 Å². The maximum Gasteiger partial charge on any atom is 0.338 e. The van der Waals surface area contributed by atoms with Crippen LogP contribution in [0.5, 0.6) is 0 Å². The second-order valence-corrected chi connectivity index (χ2v) is 9.66. The van der Waals surface area contributed by atoms with Crippen molar-refractivity contribution < 1.29 is 24.0 Å². The third kappa shape index (κ3) is 5.97. The number of carbonyl (C=O) groups excluding carboxylic acids is 2. The van der Waals surface area contributed by atoms with Crippen molar-refractivity contribution in [2.45, 2.75) is 6.92 Å². The summed E-state index contributed by atoms with van der Waals surface area (Å²) in [6.07, 6.45) is 0.